The van der Waals surface area contributed by atoms with Crippen LogP contribution in [0.2, 0.25) is 5.02 Å². The Hall–Kier alpha value is -4.14. The van der Waals surface area contributed by atoms with Gasteiger partial charge in [0.1, 0.15) is 6.61 Å². The normalized spacial score (nSPS) is 14.9. The first-order valence-electron chi connectivity index (χ1n) is 12.7. The number of hydrogen-bond donors (Lipinski definition) is 0. The smallest absolute Gasteiger partial charge is 0.338 e. The minimum absolute atomic E-state index is 0.224. The van der Waals surface area contributed by atoms with Crippen molar-refractivity contribution >= 4 is 35.0 Å². The second kappa shape index (κ2) is 11.9. The molecule has 0 fully saturated rings. The van der Waals surface area contributed by atoms with E-state index in [4.69, 9.17) is 25.8 Å². The highest BCUT2D eigenvalue weighted by Crippen LogP contribution is 2.31. The van der Waals surface area contributed by atoms with E-state index in [1.165, 1.54) is 11.3 Å². The van der Waals surface area contributed by atoms with Gasteiger partial charge in [-0.05, 0) is 49.2 Å². The van der Waals surface area contributed by atoms with Crippen molar-refractivity contribution in [2.24, 2.45) is 4.99 Å². The molecule has 0 amide bonds. The van der Waals surface area contributed by atoms with E-state index in [-0.39, 0.29) is 18.8 Å². The maximum Gasteiger partial charge on any atom is 0.338 e. The number of methoxy groups -OCH3 is 1. The molecule has 0 aliphatic carbocycles. The Morgan fingerprint density at radius 2 is 1.82 bits per heavy atom. The zero-order valence-corrected chi connectivity index (χ0v) is 23.8. The van der Waals surface area contributed by atoms with Crippen LogP contribution in [0.1, 0.15) is 36.6 Å². The Balaban J connectivity index is 1.54. The van der Waals surface area contributed by atoms with Gasteiger partial charge in [-0.1, -0.05) is 77.5 Å². The Kier molecular flexibility index (Phi) is 8.19. The zero-order valence-electron chi connectivity index (χ0n) is 22.2. The standard InChI is InChI=1S/C31H27ClN2O5S/c1-4-38-30(36)27-19(2)33-31-34(28(27)21-10-6-5-7-11-21)29(35)26(40-31)17-20-14-15-24(25(16-20)37-3)39-18-22-12-8-9-13-23(22)32/h5-17,28H,4,18H2,1-3H3/b26-17-. The van der Waals surface area contributed by atoms with E-state index in [2.05, 4.69) is 4.99 Å². The number of halogens is 1. The number of aromatic nitrogens is 1. The molecule has 204 valence electrons. The fraction of sp³-hybridized carbons (Fsp3) is 0.194. The summed E-state index contributed by atoms with van der Waals surface area (Å²) in [5, 5.41) is 0.628. The van der Waals surface area contributed by atoms with Crippen LogP contribution in [0.15, 0.2) is 93.9 Å². The van der Waals surface area contributed by atoms with Crippen molar-refractivity contribution < 1.29 is 19.0 Å². The zero-order chi connectivity index (χ0) is 28.2. The van der Waals surface area contributed by atoms with E-state index in [1.807, 2.05) is 66.7 Å². The highest BCUT2D eigenvalue weighted by Gasteiger charge is 2.33. The van der Waals surface area contributed by atoms with Gasteiger partial charge in [-0.15, -0.1) is 0 Å². The third-order valence-corrected chi connectivity index (χ3v) is 7.81. The van der Waals surface area contributed by atoms with Crippen LogP contribution < -0.4 is 24.4 Å². The van der Waals surface area contributed by atoms with Gasteiger partial charge in [0.25, 0.3) is 5.56 Å². The predicted octanol–water partition coefficient (Wildman–Crippen LogP) is 5.04. The molecule has 3 aromatic carbocycles. The number of nitrogens with zero attached hydrogens (tertiary/aromatic N) is 2. The van der Waals surface area contributed by atoms with E-state index in [9.17, 15) is 9.59 Å². The van der Waals surface area contributed by atoms with Crippen LogP contribution in [0.5, 0.6) is 11.5 Å². The molecule has 0 N–H and O–H groups in total. The van der Waals surface area contributed by atoms with Crippen LogP contribution in [-0.4, -0.2) is 24.3 Å². The quantitative estimate of drug-likeness (QED) is 0.276. The predicted molar refractivity (Wildman–Crippen MR) is 156 cm³/mol. The third kappa shape index (κ3) is 5.46. The van der Waals surface area contributed by atoms with Crippen molar-refractivity contribution in [3.8, 4) is 11.5 Å². The summed E-state index contributed by atoms with van der Waals surface area (Å²) >= 11 is 7.52. The number of carbonyl (C=O) groups excluding carboxylic acids is 1. The van der Waals surface area contributed by atoms with E-state index in [0.29, 0.717) is 37.1 Å². The Bertz CT molecular complexity index is 1780. The van der Waals surface area contributed by atoms with E-state index >= 15 is 0 Å². The topological polar surface area (TPSA) is 79.1 Å². The van der Waals surface area contributed by atoms with E-state index < -0.39 is 12.0 Å². The summed E-state index contributed by atoms with van der Waals surface area (Å²) in [5.41, 5.74) is 3.06. The van der Waals surface area contributed by atoms with Crippen LogP contribution >= 0.6 is 22.9 Å². The summed E-state index contributed by atoms with van der Waals surface area (Å²) in [4.78, 5) is 31.9. The van der Waals surface area contributed by atoms with E-state index in [0.717, 1.165) is 16.7 Å². The van der Waals surface area contributed by atoms with Gasteiger partial charge in [-0.3, -0.25) is 9.36 Å². The molecule has 0 radical (unpaired) electrons. The molecule has 40 heavy (non-hydrogen) atoms. The Morgan fingerprint density at radius 3 is 2.55 bits per heavy atom. The second-order valence-electron chi connectivity index (χ2n) is 9.00. The monoisotopic (exact) mass is 574 g/mol. The molecule has 0 saturated carbocycles. The number of benzene rings is 3. The maximum atomic E-state index is 13.8. The third-order valence-electron chi connectivity index (χ3n) is 6.46. The lowest BCUT2D eigenvalue weighted by molar-refractivity contribution is -0.139. The summed E-state index contributed by atoms with van der Waals surface area (Å²) in [7, 11) is 1.56. The molecule has 9 heteroatoms. The first-order chi connectivity index (χ1) is 19.4. The second-order valence-corrected chi connectivity index (χ2v) is 10.4. The van der Waals surface area contributed by atoms with Gasteiger partial charge in [-0.2, -0.15) is 0 Å². The molecule has 0 spiro atoms. The van der Waals surface area contributed by atoms with Crippen LogP contribution in [-0.2, 0) is 16.1 Å². The van der Waals surface area contributed by atoms with E-state index in [1.54, 1.807) is 37.7 Å². The number of hydrogen-bond acceptors (Lipinski definition) is 7. The average Bonchev–Trinajstić information content (AvgIpc) is 3.26. The highest BCUT2D eigenvalue weighted by molar-refractivity contribution is 7.07. The molecular weight excluding hydrogens is 548 g/mol. The van der Waals surface area contributed by atoms with Crippen LogP contribution in [0.25, 0.3) is 6.08 Å². The number of esters is 1. The van der Waals surface area contributed by atoms with Crippen molar-refractivity contribution in [2.75, 3.05) is 13.7 Å². The molecule has 4 aromatic rings. The Morgan fingerprint density at radius 1 is 1.07 bits per heavy atom. The molecule has 2 heterocycles. The lowest BCUT2D eigenvalue weighted by atomic mass is 9.96. The molecule has 1 aliphatic rings. The number of rotatable bonds is 8. The minimum Gasteiger partial charge on any atom is -0.493 e. The molecule has 1 atom stereocenters. The fourth-order valence-electron chi connectivity index (χ4n) is 4.56. The number of fused-ring (bicyclic) bond motifs is 1. The molecule has 0 bridgehead atoms. The van der Waals surface area contributed by atoms with Gasteiger partial charge in [0, 0.05) is 10.6 Å². The molecule has 1 unspecified atom stereocenters. The molecule has 7 nitrogen and oxygen atoms in total. The van der Waals surface area contributed by atoms with Gasteiger partial charge in [0.05, 0.1) is 35.6 Å². The number of thiazole rings is 1. The van der Waals surface area contributed by atoms with Crippen molar-refractivity contribution in [3.63, 3.8) is 0 Å². The summed E-state index contributed by atoms with van der Waals surface area (Å²) < 4.78 is 18.9. The summed E-state index contributed by atoms with van der Waals surface area (Å²) in [5.74, 6) is 0.597. The van der Waals surface area contributed by atoms with Gasteiger partial charge in [0.15, 0.2) is 16.3 Å². The molecule has 1 aliphatic heterocycles. The first kappa shape index (κ1) is 27.4. The lowest BCUT2D eigenvalue weighted by Crippen LogP contribution is -2.39. The molecular formula is C31H27ClN2O5S. The first-order valence-corrected chi connectivity index (χ1v) is 13.9. The average molecular weight is 575 g/mol. The number of carbonyl (C=O) groups is 1. The van der Waals surface area contributed by atoms with Gasteiger partial charge in [-0.25, -0.2) is 9.79 Å². The lowest BCUT2D eigenvalue weighted by Gasteiger charge is -2.24. The molecule has 1 aromatic heterocycles. The van der Waals surface area contributed by atoms with Crippen LogP contribution in [0.4, 0.5) is 0 Å². The molecule has 5 rings (SSSR count). The number of allylic oxidation sites excluding steroid dienone is 1. The largest absolute Gasteiger partial charge is 0.493 e. The Labute approximate surface area is 240 Å². The fourth-order valence-corrected chi connectivity index (χ4v) is 5.79. The maximum absolute atomic E-state index is 13.8. The van der Waals surface area contributed by atoms with Crippen LogP contribution in [0, 0.1) is 0 Å². The SMILES string of the molecule is CCOC(=O)C1=C(C)N=c2s/c(=C\c3ccc(OCc4ccccc4Cl)c(OC)c3)c(=O)n2C1c1ccccc1. The van der Waals surface area contributed by atoms with Gasteiger partial charge < -0.3 is 14.2 Å². The van der Waals surface area contributed by atoms with Crippen molar-refractivity contribution in [1.82, 2.24) is 4.57 Å². The van der Waals surface area contributed by atoms with Crippen molar-refractivity contribution in [2.45, 2.75) is 26.5 Å². The number of ether oxygens (including phenoxy) is 3. The summed E-state index contributed by atoms with van der Waals surface area (Å²) in [6.45, 7) is 4.03. The van der Waals surface area contributed by atoms with Gasteiger partial charge in [0.2, 0.25) is 0 Å². The van der Waals surface area contributed by atoms with Crippen LogP contribution in [0.3, 0.4) is 0 Å². The highest BCUT2D eigenvalue weighted by atomic mass is 35.5. The molecule has 0 saturated heterocycles. The summed E-state index contributed by atoms with van der Waals surface area (Å²) in [6.07, 6.45) is 1.79. The summed E-state index contributed by atoms with van der Waals surface area (Å²) in [6, 6.07) is 21.7. The van der Waals surface area contributed by atoms with Crippen molar-refractivity contribution in [1.29, 1.82) is 0 Å². The van der Waals surface area contributed by atoms with Gasteiger partial charge >= 0.3 is 5.97 Å². The minimum atomic E-state index is -0.645. The van der Waals surface area contributed by atoms with Crippen molar-refractivity contribution in [3.05, 3.63) is 125 Å².